The van der Waals surface area contributed by atoms with Crippen molar-refractivity contribution in [2.45, 2.75) is 0 Å². The number of hydrogen-bond acceptors (Lipinski definition) is 5. The summed E-state index contributed by atoms with van der Waals surface area (Å²) in [6.45, 7) is 5.69. The number of piperazine rings is 1. The summed E-state index contributed by atoms with van der Waals surface area (Å²) in [5.41, 5.74) is 1.35. The summed E-state index contributed by atoms with van der Waals surface area (Å²) >= 11 is 0. The number of pyridine rings is 1. The van der Waals surface area contributed by atoms with Crippen molar-refractivity contribution in [2.24, 2.45) is 0 Å². The molecule has 4 rings (SSSR count). The lowest BCUT2D eigenvalue weighted by molar-refractivity contribution is 0.132. The van der Waals surface area contributed by atoms with E-state index >= 15 is 0 Å². The second kappa shape index (κ2) is 7.28. The molecule has 1 aromatic heterocycles. The summed E-state index contributed by atoms with van der Waals surface area (Å²) in [6, 6.07) is 16.4. The third-order valence-corrected chi connectivity index (χ3v) is 5.01. The molecule has 1 aliphatic heterocycles. The molecule has 0 atom stereocenters. The number of ether oxygens (including phenoxy) is 1. The van der Waals surface area contributed by atoms with E-state index in [1.54, 1.807) is 0 Å². The Morgan fingerprint density at radius 1 is 1.04 bits per heavy atom. The van der Waals surface area contributed by atoms with E-state index < -0.39 is 0 Å². The first kappa shape index (κ1) is 16.8. The van der Waals surface area contributed by atoms with E-state index in [-0.39, 0.29) is 0 Å². The molecule has 0 radical (unpaired) electrons. The molecule has 0 aliphatic carbocycles. The Morgan fingerprint density at radius 2 is 1.77 bits per heavy atom. The van der Waals surface area contributed by atoms with Crippen molar-refractivity contribution in [2.75, 3.05) is 46.4 Å². The molecule has 5 nitrogen and oxygen atoms in total. The molecule has 0 unspecified atom stereocenters. The van der Waals surface area contributed by atoms with Gasteiger partial charge in [0.15, 0.2) is 0 Å². The van der Waals surface area contributed by atoms with Gasteiger partial charge in [-0.15, -0.1) is 0 Å². The van der Waals surface area contributed by atoms with E-state index in [4.69, 9.17) is 4.74 Å². The number of nitriles is 1. The van der Waals surface area contributed by atoms with E-state index in [0.717, 1.165) is 54.4 Å². The van der Waals surface area contributed by atoms with Crippen LogP contribution >= 0.6 is 0 Å². The molecule has 1 saturated heterocycles. The SMILES string of the molecule is CN1CCN(CCOc2nc3cc4ccccc4cc3cc2C#N)CC1. The molecule has 0 saturated carbocycles. The summed E-state index contributed by atoms with van der Waals surface area (Å²) in [4.78, 5) is 9.34. The summed E-state index contributed by atoms with van der Waals surface area (Å²) < 4.78 is 5.89. The maximum atomic E-state index is 9.48. The first-order valence-electron chi connectivity index (χ1n) is 9.00. The van der Waals surface area contributed by atoms with Crippen LogP contribution in [0.3, 0.4) is 0 Å². The zero-order valence-corrected chi connectivity index (χ0v) is 15.0. The van der Waals surface area contributed by atoms with Crippen molar-refractivity contribution in [3.8, 4) is 11.9 Å². The average Bonchev–Trinajstić information content (AvgIpc) is 2.67. The van der Waals surface area contributed by atoms with Crippen LogP contribution in [0.4, 0.5) is 0 Å². The Kier molecular flexibility index (Phi) is 4.70. The van der Waals surface area contributed by atoms with Crippen LogP contribution in [0.15, 0.2) is 42.5 Å². The van der Waals surface area contributed by atoms with Crippen molar-refractivity contribution >= 4 is 21.7 Å². The topological polar surface area (TPSA) is 52.4 Å². The summed E-state index contributed by atoms with van der Waals surface area (Å²) in [7, 11) is 2.15. The van der Waals surface area contributed by atoms with Crippen LogP contribution < -0.4 is 4.74 Å². The quantitative estimate of drug-likeness (QED) is 0.680. The van der Waals surface area contributed by atoms with Crippen molar-refractivity contribution in [3.63, 3.8) is 0 Å². The Balaban J connectivity index is 1.54. The number of hydrogen-bond donors (Lipinski definition) is 0. The first-order valence-corrected chi connectivity index (χ1v) is 9.00. The molecule has 2 heterocycles. The van der Waals surface area contributed by atoms with Gasteiger partial charge in [0.25, 0.3) is 0 Å². The number of benzene rings is 2. The largest absolute Gasteiger partial charge is 0.475 e. The molecule has 0 amide bonds. The van der Waals surface area contributed by atoms with Gasteiger partial charge in [0, 0.05) is 38.1 Å². The minimum absolute atomic E-state index is 0.435. The summed E-state index contributed by atoms with van der Waals surface area (Å²) in [6.07, 6.45) is 0. The van der Waals surface area contributed by atoms with Gasteiger partial charge >= 0.3 is 0 Å². The van der Waals surface area contributed by atoms with Gasteiger partial charge in [0.2, 0.25) is 5.88 Å². The Morgan fingerprint density at radius 3 is 2.50 bits per heavy atom. The van der Waals surface area contributed by atoms with Crippen LogP contribution in [0.25, 0.3) is 21.7 Å². The lowest BCUT2D eigenvalue weighted by atomic mass is 10.1. The third kappa shape index (κ3) is 3.48. The minimum atomic E-state index is 0.435. The molecular formula is C21H22N4O. The van der Waals surface area contributed by atoms with E-state index in [1.807, 2.05) is 18.2 Å². The van der Waals surface area contributed by atoms with E-state index in [1.165, 1.54) is 0 Å². The maximum Gasteiger partial charge on any atom is 0.232 e. The zero-order valence-electron chi connectivity index (χ0n) is 15.0. The normalized spacial score (nSPS) is 16.0. The highest BCUT2D eigenvalue weighted by Gasteiger charge is 2.14. The molecule has 0 N–H and O–H groups in total. The second-order valence-electron chi connectivity index (χ2n) is 6.84. The molecule has 26 heavy (non-hydrogen) atoms. The monoisotopic (exact) mass is 346 g/mol. The average molecular weight is 346 g/mol. The van der Waals surface area contributed by atoms with Crippen molar-refractivity contribution in [1.82, 2.24) is 14.8 Å². The molecular weight excluding hydrogens is 324 g/mol. The summed E-state index contributed by atoms with van der Waals surface area (Å²) in [5.74, 6) is 0.435. The lowest BCUT2D eigenvalue weighted by Crippen LogP contribution is -2.45. The Hall–Kier alpha value is -2.68. The first-order chi connectivity index (χ1) is 12.7. The van der Waals surface area contributed by atoms with Gasteiger partial charge in [-0.2, -0.15) is 5.26 Å². The van der Waals surface area contributed by atoms with E-state index in [9.17, 15) is 5.26 Å². The Bertz CT molecular complexity index is 971. The predicted octanol–water partition coefficient (Wildman–Crippen LogP) is 2.89. The van der Waals surface area contributed by atoms with Gasteiger partial charge < -0.3 is 9.64 Å². The van der Waals surface area contributed by atoms with Crippen LogP contribution in [0, 0.1) is 11.3 Å². The van der Waals surface area contributed by atoms with E-state index in [0.29, 0.717) is 18.1 Å². The van der Waals surface area contributed by atoms with Gasteiger partial charge in [-0.05, 0) is 36.0 Å². The fourth-order valence-electron chi connectivity index (χ4n) is 3.38. The van der Waals surface area contributed by atoms with Gasteiger partial charge in [-0.1, -0.05) is 24.3 Å². The number of aromatic nitrogens is 1. The highest BCUT2D eigenvalue weighted by Crippen LogP contribution is 2.26. The second-order valence-corrected chi connectivity index (χ2v) is 6.84. The highest BCUT2D eigenvalue weighted by atomic mass is 16.5. The Labute approximate surface area is 153 Å². The predicted molar refractivity (Wildman–Crippen MR) is 103 cm³/mol. The zero-order chi connectivity index (χ0) is 17.9. The van der Waals surface area contributed by atoms with Gasteiger partial charge in [-0.3, -0.25) is 4.90 Å². The van der Waals surface area contributed by atoms with Crippen LogP contribution in [0.2, 0.25) is 0 Å². The van der Waals surface area contributed by atoms with Crippen LogP contribution in [-0.2, 0) is 0 Å². The number of nitrogens with zero attached hydrogens (tertiary/aromatic N) is 4. The van der Waals surface area contributed by atoms with E-state index in [2.05, 4.69) is 52.2 Å². The summed E-state index contributed by atoms with van der Waals surface area (Å²) in [5, 5.41) is 12.7. The minimum Gasteiger partial charge on any atom is -0.475 e. The molecule has 2 aromatic carbocycles. The van der Waals surface area contributed by atoms with Crippen molar-refractivity contribution in [3.05, 3.63) is 48.0 Å². The molecule has 0 spiro atoms. The fourth-order valence-corrected chi connectivity index (χ4v) is 3.38. The molecule has 1 aliphatic rings. The third-order valence-electron chi connectivity index (χ3n) is 5.01. The molecule has 132 valence electrons. The molecule has 0 bridgehead atoms. The molecule has 1 fully saturated rings. The highest BCUT2D eigenvalue weighted by molar-refractivity contribution is 5.97. The maximum absolute atomic E-state index is 9.48. The lowest BCUT2D eigenvalue weighted by Gasteiger charge is -2.32. The van der Waals surface area contributed by atoms with Crippen LogP contribution in [0.1, 0.15) is 5.56 Å². The fraction of sp³-hybridized carbons (Fsp3) is 0.333. The van der Waals surface area contributed by atoms with Crippen LogP contribution in [0.5, 0.6) is 5.88 Å². The molecule has 5 heteroatoms. The standard InChI is InChI=1S/C21H22N4O/c1-24-6-8-25(9-7-24)10-11-26-21-19(15-22)13-18-12-16-4-2-3-5-17(16)14-20(18)23-21/h2-5,12-14H,6-11H2,1H3. The molecule has 3 aromatic rings. The van der Waals surface area contributed by atoms with Crippen molar-refractivity contribution in [1.29, 1.82) is 5.26 Å². The number of rotatable bonds is 4. The van der Waals surface area contributed by atoms with Gasteiger partial charge in [0.05, 0.1) is 5.52 Å². The van der Waals surface area contributed by atoms with Gasteiger partial charge in [-0.25, -0.2) is 4.98 Å². The number of fused-ring (bicyclic) bond motifs is 2. The van der Waals surface area contributed by atoms with Crippen LogP contribution in [-0.4, -0.2) is 61.2 Å². The van der Waals surface area contributed by atoms with Crippen molar-refractivity contribution < 1.29 is 4.74 Å². The van der Waals surface area contributed by atoms with Gasteiger partial charge in [0.1, 0.15) is 18.2 Å². The number of likely N-dealkylation sites (N-methyl/N-ethyl adjacent to an activating group) is 1. The smallest absolute Gasteiger partial charge is 0.232 e.